The molecular formula is C16H14BrClN4O3S2. The van der Waals surface area contributed by atoms with Crippen LogP contribution >= 0.6 is 38.9 Å². The zero-order valence-electron chi connectivity index (χ0n) is 13.9. The molecule has 1 aliphatic heterocycles. The van der Waals surface area contributed by atoms with Gasteiger partial charge in [0.2, 0.25) is 10.0 Å². The van der Waals surface area contributed by atoms with Crippen LogP contribution < -0.4 is 0 Å². The Hall–Kier alpha value is -1.46. The zero-order chi connectivity index (χ0) is 19.2. The van der Waals surface area contributed by atoms with Crippen LogP contribution in [0.5, 0.6) is 0 Å². The van der Waals surface area contributed by atoms with E-state index in [1.165, 1.54) is 15.6 Å². The first kappa shape index (κ1) is 18.9. The van der Waals surface area contributed by atoms with Gasteiger partial charge in [0.25, 0.3) is 5.91 Å². The monoisotopic (exact) mass is 488 g/mol. The summed E-state index contributed by atoms with van der Waals surface area (Å²) < 4.78 is 29.3. The molecule has 0 spiro atoms. The number of nitrogens with zero attached hydrogens (tertiary/aromatic N) is 4. The fourth-order valence-electron chi connectivity index (χ4n) is 3.03. The van der Waals surface area contributed by atoms with Crippen molar-refractivity contribution in [1.29, 1.82) is 0 Å². The molecule has 0 unspecified atom stereocenters. The van der Waals surface area contributed by atoms with Crippen molar-refractivity contribution < 1.29 is 13.2 Å². The second-order valence-electron chi connectivity index (χ2n) is 5.93. The number of halogens is 2. The normalized spacial score (nSPS) is 16.1. The SMILES string of the molecule is O=C(c1c(Cl)nc2sccn12)N1CCN(S(=O)(=O)c2ccccc2Br)CC1. The summed E-state index contributed by atoms with van der Waals surface area (Å²) in [5, 5.41) is 1.99. The molecule has 2 aromatic heterocycles. The largest absolute Gasteiger partial charge is 0.335 e. The fraction of sp³-hybridized carbons (Fsp3) is 0.250. The number of hydrogen-bond donors (Lipinski definition) is 0. The summed E-state index contributed by atoms with van der Waals surface area (Å²) in [4.78, 5) is 19.6. The molecule has 0 radical (unpaired) electrons. The highest BCUT2D eigenvalue weighted by molar-refractivity contribution is 9.10. The van der Waals surface area contributed by atoms with Crippen LogP contribution in [0.2, 0.25) is 5.15 Å². The Kier molecular flexibility index (Phi) is 5.02. The van der Waals surface area contributed by atoms with Gasteiger partial charge in [0, 0.05) is 42.2 Å². The van der Waals surface area contributed by atoms with Crippen LogP contribution in [0.25, 0.3) is 4.96 Å². The number of fused-ring (bicyclic) bond motifs is 1. The molecule has 0 N–H and O–H groups in total. The van der Waals surface area contributed by atoms with Crippen molar-refractivity contribution >= 4 is 59.8 Å². The molecule has 11 heteroatoms. The number of rotatable bonds is 3. The third-order valence-electron chi connectivity index (χ3n) is 4.40. The summed E-state index contributed by atoms with van der Waals surface area (Å²) >= 11 is 10.8. The Morgan fingerprint density at radius 1 is 1.19 bits per heavy atom. The van der Waals surface area contributed by atoms with E-state index < -0.39 is 10.0 Å². The van der Waals surface area contributed by atoms with Crippen molar-refractivity contribution in [1.82, 2.24) is 18.6 Å². The summed E-state index contributed by atoms with van der Waals surface area (Å²) in [6.45, 7) is 1.02. The Morgan fingerprint density at radius 3 is 2.59 bits per heavy atom. The molecule has 1 amide bonds. The molecule has 0 aliphatic carbocycles. The van der Waals surface area contributed by atoms with E-state index in [1.807, 2.05) is 5.38 Å². The molecule has 1 aromatic carbocycles. The Morgan fingerprint density at radius 2 is 1.89 bits per heavy atom. The standard InChI is InChI=1S/C16H14BrClN4O3S2/c17-11-3-1-2-4-12(11)27(24,25)21-7-5-20(6-8-21)15(23)13-14(18)19-16-22(13)9-10-26-16/h1-4,9-10H,5-8H2. The first-order valence-electron chi connectivity index (χ1n) is 8.04. The lowest BCUT2D eigenvalue weighted by Gasteiger charge is -2.34. The molecule has 1 saturated heterocycles. The van der Waals surface area contributed by atoms with Gasteiger partial charge >= 0.3 is 0 Å². The zero-order valence-corrected chi connectivity index (χ0v) is 17.9. The summed E-state index contributed by atoms with van der Waals surface area (Å²) in [7, 11) is -3.62. The quantitative estimate of drug-likeness (QED) is 0.567. The third kappa shape index (κ3) is 3.29. The first-order chi connectivity index (χ1) is 12.9. The van der Waals surface area contributed by atoms with Crippen LogP contribution in [0.3, 0.4) is 0 Å². The fourth-order valence-corrected chi connectivity index (χ4v) is 6.43. The number of benzene rings is 1. The van der Waals surface area contributed by atoms with E-state index in [0.29, 0.717) is 15.1 Å². The lowest BCUT2D eigenvalue weighted by molar-refractivity contribution is 0.0691. The van der Waals surface area contributed by atoms with E-state index in [-0.39, 0.29) is 42.1 Å². The van der Waals surface area contributed by atoms with Gasteiger partial charge in [-0.15, -0.1) is 11.3 Å². The van der Waals surface area contributed by atoms with Gasteiger partial charge in [-0.1, -0.05) is 23.7 Å². The van der Waals surface area contributed by atoms with Crippen LogP contribution in [0.1, 0.15) is 10.5 Å². The van der Waals surface area contributed by atoms with Crippen molar-refractivity contribution in [2.45, 2.75) is 4.90 Å². The van der Waals surface area contributed by atoms with E-state index >= 15 is 0 Å². The van der Waals surface area contributed by atoms with Crippen molar-refractivity contribution in [3.05, 3.63) is 51.2 Å². The average Bonchev–Trinajstić information content (AvgIpc) is 3.21. The maximum atomic E-state index is 12.9. The van der Waals surface area contributed by atoms with Crippen LogP contribution in [0.4, 0.5) is 0 Å². The van der Waals surface area contributed by atoms with Gasteiger partial charge in [0.1, 0.15) is 0 Å². The molecule has 1 fully saturated rings. The molecule has 4 rings (SSSR count). The molecule has 0 bridgehead atoms. The highest BCUT2D eigenvalue weighted by Crippen LogP contribution is 2.27. The van der Waals surface area contributed by atoms with Crippen LogP contribution in [-0.2, 0) is 10.0 Å². The van der Waals surface area contributed by atoms with Crippen molar-refractivity contribution in [3.63, 3.8) is 0 Å². The maximum absolute atomic E-state index is 12.9. The second kappa shape index (κ2) is 7.17. The molecule has 27 heavy (non-hydrogen) atoms. The summed E-state index contributed by atoms with van der Waals surface area (Å²) in [5.74, 6) is -0.246. The predicted octanol–water partition coefficient (Wildman–Crippen LogP) is 2.96. The Balaban J connectivity index is 1.52. The highest BCUT2D eigenvalue weighted by atomic mass is 79.9. The number of imidazole rings is 1. The minimum absolute atomic E-state index is 0.162. The molecular weight excluding hydrogens is 476 g/mol. The lowest BCUT2D eigenvalue weighted by Crippen LogP contribution is -2.50. The van der Waals surface area contributed by atoms with Gasteiger partial charge in [-0.2, -0.15) is 4.31 Å². The van der Waals surface area contributed by atoms with E-state index in [1.54, 1.807) is 39.8 Å². The smallest absolute Gasteiger partial charge is 0.274 e. The van der Waals surface area contributed by atoms with Crippen LogP contribution in [0.15, 0.2) is 45.2 Å². The van der Waals surface area contributed by atoms with Gasteiger partial charge in [-0.25, -0.2) is 13.4 Å². The Labute approximate surface area is 173 Å². The Bertz CT molecular complexity index is 1120. The van der Waals surface area contributed by atoms with Crippen molar-refractivity contribution in [3.8, 4) is 0 Å². The predicted molar refractivity (Wildman–Crippen MR) is 107 cm³/mol. The number of carbonyl (C=O) groups excluding carboxylic acids is 1. The van der Waals surface area contributed by atoms with Gasteiger partial charge < -0.3 is 4.90 Å². The van der Waals surface area contributed by atoms with Crippen LogP contribution in [0, 0.1) is 0 Å². The third-order valence-corrected chi connectivity index (χ3v) is 8.33. The molecule has 3 aromatic rings. The van der Waals surface area contributed by atoms with E-state index in [4.69, 9.17) is 11.6 Å². The van der Waals surface area contributed by atoms with Crippen molar-refractivity contribution in [2.24, 2.45) is 0 Å². The molecule has 7 nitrogen and oxygen atoms in total. The highest BCUT2D eigenvalue weighted by Gasteiger charge is 2.33. The number of amides is 1. The first-order valence-corrected chi connectivity index (χ1v) is 11.5. The summed E-state index contributed by atoms with van der Waals surface area (Å²) in [5.41, 5.74) is 0.315. The van der Waals surface area contributed by atoms with Gasteiger partial charge in [-0.3, -0.25) is 9.20 Å². The average molecular weight is 490 g/mol. The van der Waals surface area contributed by atoms with E-state index in [0.717, 1.165) is 0 Å². The minimum atomic E-state index is -3.62. The second-order valence-corrected chi connectivity index (χ2v) is 9.93. The van der Waals surface area contributed by atoms with Gasteiger partial charge in [0.15, 0.2) is 15.8 Å². The molecule has 3 heterocycles. The minimum Gasteiger partial charge on any atom is -0.335 e. The molecule has 0 saturated carbocycles. The summed E-state index contributed by atoms with van der Waals surface area (Å²) in [6, 6.07) is 6.71. The number of aromatic nitrogens is 2. The molecule has 1 aliphatic rings. The topological polar surface area (TPSA) is 75.0 Å². The number of sulfonamides is 1. The van der Waals surface area contributed by atoms with E-state index in [9.17, 15) is 13.2 Å². The van der Waals surface area contributed by atoms with Crippen LogP contribution in [-0.4, -0.2) is 59.1 Å². The number of hydrogen-bond acceptors (Lipinski definition) is 5. The number of piperazine rings is 1. The molecule has 142 valence electrons. The van der Waals surface area contributed by atoms with Gasteiger partial charge in [-0.05, 0) is 28.1 Å². The van der Waals surface area contributed by atoms with Crippen molar-refractivity contribution in [2.75, 3.05) is 26.2 Å². The van der Waals surface area contributed by atoms with E-state index in [2.05, 4.69) is 20.9 Å². The molecule has 0 atom stereocenters. The maximum Gasteiger partial charge on any atom is 0.274 e. The summed E-state index contributed by atoms with van der Waals surface area (Å²) in [6.07, 6.45) is 1.75. The lowest BCUT2D eigenvalue weighted by atomic mass is 10.3. The number of thiazole rings is 1. The van der Waals surface area contributed by atoms with Gasteiger partial charge in [0.05, 0.1) is 4.90 Å². The number of carbonyl (C=O) groups is 1.